The van der Waals surface area contributed by atoms with Crippen molar-refractivity contribution < 1.29 is 4.42 Å². The number of nitrogens with zero attached hydrogens (tertiary/aromatic N) is 5. The van der Waals surface area contributed by atoms with E-state index >= 15 is 0 Å². The zero-order chi connectivity index (χ0) is 32.5. The van der Waals surface area contributed by atoms with Gasteiger partial charge in [-0.05, 0) is 65.7 Å². The van der Waals surface area contributed by atoms with E-state index in [1.54, 1.807) is 4.40 Å². The lowest BCUT2D eigenvalue weighted by Gasteiger charge is -2.10. The van der Waals surface area contributed by atoms with Crippen LogP contribution in [0, 0.1) is 0 Å². The standard InChI is InChI=1S/C41H23N5O2S/c47-40-30-14-5-7-16-36(30)49-41-42-32-19-17-26(23-33(32)46(40)41)25-11-8-12-27(21-25)38-43-37(24-9-2-1-3-10-24)44-39(45-38)28-18-20-35-31(22-28)29-13-4-6-15-34(29)48-35/h1-23H. The van der Waals surface area contributed by atoms with E-state index in [-0.39, 0.29) is 5.56 Å². The van der Waals surface area contributed by atoms with Gasteiger partial charge in [0.2, 0.25) is 0 Å². The van der Waals surface area contributed by atoms with Gasteiger partial charge in [0.15, 0.2) is 22.4 Å². The van der Waals surface area contributed by atoms with E-state index in [0.717, 1.165) is 65.5 Å². The van der Waals surface area contributed by atoms with Crippen LogP contribution in [0.5, 0.6) is 0 Å². The summed E-state index contributed by atoms with van der Waals surface area (Å²) in [5.74, 6) is 1.73. The van der Waals surface area contributed by atoms with Gasteiger partial charge in [-0.2, -0.15) is 0 Å². The highest BCUT2D eigenvalue weighted by molar-refractivity contribution is 7.23. The molecular weight excluding hydrogens is 627 g/mol. The number of benzene rings is 6. The Balaban J connectivity index is 1.12. The number of rotatable bonds is 4. The highest BCUT2D eigenvalue weighted by Gasteiger charge is 2.16. The van der Waals surface area contributed by atoms with Crippen LogP contribution in [0.25, 0.3) is 93.3 Å². The summed E-state index contributed by atoms with van der Waals surface area (Å²) in [7, 11) is 0. The summed E-state index contributed by atoms with van der Waals surface area (Å²) in [6.07, 6.45) is 0. The fourth-order valence-electron chi connectivity index (χ4n) is 6.50. The maximum absolute atomic E-state index is 13.6. The molecule has 0 spiro atoms. The van der Waals surface area contributed by atoms with Crippen LogP contribution in [0.3, 0.4) is 0 Å². The molecule has 10 aromatic rings. The van der Waals surface area contributed by atoms with Crippen LogP contribution in [0.1, 0.15) is 0 Å². The number of aromatic nitrogens is 5. The molecule has 7 nitrogen and oxygen atoms in total. The van der Waals surface area contributed by atoms with Gasteiger partial charge in [0.25, 0.3) is 5.56 Å². The zero-order valence-electron chi connectivity index (χ0n) is 25.7. The van der Waals surface area contributed by atoms with Crippen molar-refractivity contribution in [3.63, 3.8) is 0 Å². The number of imidazole rings is 1. The van der Waals surface area contributed by atoms with Crippen LogP contribution in [-0.4, -0.2) is 24.3 Å². The average molecular weight is 650 g/mol. The van der Waals surface area contributed by atoms with Gasteiger partial charge in [0, 0.05) is 32.2 Å². The second-order valence-corrected chi connectivity index (χ2v) is 12.9. The molecule has 230 valence electrons. The lowest BCUT2D eigenvalue weighted by Crippen LogP contribution is -2.11. The summed E-state index contributed by atoms with van der Waals surface area (Å²) >= 11 is 1.52. The molecule has 0 amide bonds. The van der Waals surface area contributed by atoms with Crippen LogP contribution >= 0.6 is 11.3 Å². The second-order valence-electron chi connectivity index (χ2n) is 11.9. The molecule has 0 saturated heterocycles. The molecule has 8 heteroatoms. The first kappa shape index (κ1) is 27.6. The molecule has 0 fully saturated rings. The highest BCUT2D eigenvalue weighted by Crippen LogP contribution is 2.34. The predicted molar refractivity (Wildman–Crippen MR) is 197 cm³/mol. The minimum absolute atomic E-state index is 0.0643. The van der Waals surface area contributed by atoms with E-state index in [2.05, 4.69) is 24.3 Å². The van der Waals surface area contributed by atoms with Crippen molar-refractivity contribution in [3.05, 3.63) is 150 Å². The molecule has 0 bridgehead atoms. The highest BCUT2D eigenvalue weighted by atomic mass is 32.1. The monoisotopic (exact) mass is 649 g/mol. The molecule has 0 N–H and O–H groups in total. The van der Waals surface area contributed by atoms with Crippen molar-refractivity contribution in [1.82, 2.24) is 24.3 Å². The minimum atomic E-state index is -0.0643. The first-order chi connectivity index (χ1) is 24.2. The summed E-state index contributed by atoms with van der Waals surface area (Å²) in [5, 5.41) is 2.74. The Morgan fingerprint density at radius 1 is 0.490 bits per heavy atom. The summed E-state index contributed by atoms with van der Waals surface area (Å²) in [4.78, 5) is 34.0. The summed E-state index contributed by atoms with van der Waals surface area (Å²) in [6, 6.07) is 45.9. The van der Waals surface area contributed by atoms with Crippen LogP contribution < -0.4 is 5.56 Å². The van der Waals surface area contributed by atoms with Gasteiger partial charge in [-0.1, -0.05) is 96.3 Å². The topological polar surface area (TPSA) is 86.2 Å². The summed E-state index contributed by atoms with van der Waals surface area (Å²) in [5.41, 5.74) is 7.71. The second kappa shape index (κ2) is 10.8. The fraction of sp³-hybridized carbons (Fsp3) is 0. The molecule has 0 saturated carbocycles. The Hall–Kier alpha value is -6.51. The molecule has 4 aromatic heterocycles. The van der Waals surface area contributed by atoms with E-state index in [0.29, 0.717) is 27.8 Å². The lowest BCUT2D eigenvalue weighted by molar-refractivity contribution is 0.669. The fourth-order valence-corrected chi connectivity index (χ4v) is 7.53. The SMILES string of the molecule is O=c1c2ccccc2sc2nc3ccc(-c4cccc(-c5nc(-c6ccccc6)nc(-c6ccc7oc8ccccc8c7c6)n5)c4)cc3n12. The van der Waals surface area contributed by atoms with Crippen LogP contribution in [0.4, 0.5) is 0 Å². The Labute approximate surface area is 282 Å². The molecule has 10 rings (SSSR count). The quantitative estimate of drug-likeness (QED) is 0.189. The number of hydrogen-bond donors (Lipinski definition) is 0. The van der Waals surface area contributed by atoms with Gasteiger partial charge in [-0.15, -0.1) is 0 Å². The van der Waals surface area contributed by atoms with Crippen molar-refractivity contribution >= 4 is 59.4 Å². The van der Waals surface area contributed by atoms with Crippen molar-refractivity contribution in [3.8, 4) is 45.3 Å². The van der Waals surface area contributed by atoms with E-state index in [4.69, 9.17) is 24.4 Å². The van der Waals surface area contributed by atoms with Gasteiger partial charge in [0.1, 0.15) is 11.2 Å². The zero-order valence-corrected chi connectivity index (χ0v) is 26.6. The normalized spacial score (nSPS) is 11.8. The van der Waals surface area contributed by atoms with Crippen LogP contribution in [0.15, 0.2) is 149 Å². The van der Waals surface area contributed by atoms with Crippen molar-refractivity contribution in [2.75, 3.05) is 0 Å². The van der Waals surface area contributed by atoms with Crippen molar-refractivity contribution in [2.24, 2.45) is 0 Å². The number of hydrogen-bond acceptors (Lipinski definition) is 7. The largest absolute Gasteiger partial charge is 0.456 e. The van der Waals surface area contributed by atoms with Crippen LogP contribution in [0.2, 0.25) is 0 Å². The molecule has 0 aliphatic carbocycles. The third-order valence-corrected chi connectivity index (χ3v) is 9.93. The molecule has 6 aromatic carbocycles. The lowest BCUT2D eigenvalue weighted by atomic mass is 10.0. The first-order valence-corrected chi connectivity index (χ1v) is 16.7. The molecule has 49 heavy (non-hydrogen) atoms. The molecule has 0 atom stereocenters. The van der Waals surface area contributed by atoms with E-state index in [1.165, 1.54) is 11.3 Å². The van der Waals surface area contributed by atoms with Gasteiger partial charge in [0.05, 0.1) is 16.4 Å². The van der Waals surface area contributed by atoms with Gasteiger partial charge >= 0.3 is 0 Å². The molecular formula is C41H23N5O2S. The Morgan fingerprint density at radius 3 is 1.98 bits per heavy atom. The Bertz CT molecular complexity index is 2980. The Kier molecular flexibility index (Phi) is 6.06. The molecule has 4 heterocycles. The number of fused-ring (bicyclic) bond motifs is 7. The Morgan fingerprint density at radius 2 is 1.12 bits per heavy atom. The number of furan rings is 1. The maximum atomic E-state index is 13.6. The van der Waals surface area contributed by atoms with Crippen LogP contribution in [-0.2, 0) is 0 Å². The van der Waals surface area contributed by atoms with E-state index in [1.807, 2.05) is 115 Å². The number of para-hydroxylation sites is 1. The minimum Gasteiger partial charge on any atom is -0.456 e. The summed E-state index contributed by atoms with van der Waals surface area (Å²) in [6.45, 7) is 0. The van der Waals surface area contributed by atoms with Gasteiger partial charge in [-0.3, -0.25) is 4.79 Å². The predicted octanol–water partition coefficient (Wildman–Crippen LogP) is 9.81. The average Bonchev–Trinajstić information content (AvgIpc) is 3.72. The third-order valence-electron chi connectivity index (χ3n) is 8.90. The van der Waals surface area contributed by atoms with Gasteiger partial charge < -0.3 is 4.42 Å². The first-order valence-electron chi connectivity index (χ1n) is 15.8. The summed E-state index contributed by atoms with van der Waals surface area (Å²) < 4.78 is 8.73. The van der Waals surface area contributed by atoms with Crippen molar-refractivity contribution in [2.45, 2.75) is 0 Å². The third kappa shape index (κ3) is 4.53. The van der Waals surface area contributed by atoms with Gasteiger partial charge in [-0.25, -0.2) is 24.3 Å². The van der Waals surface area contributed by atoms with E-state index in [9.17, 15) is 4.79 Å². The molecule has 0 unspecified atom stereocenters. The maximum Gasteiger partial charge on any atom is 0.266 e. The van der Waals surface area contributed by atoms with E-state index < -0.39 is 0 Å². The molecule has 0 radical (unpaired) electrons. The smallest absolute Gasteiger partial charge is 0.266 e. The molecule has 0 aliphatic rings. The molecule has 0 aliphatic heterocycles. The van der Waals surface area contributed by atoms with Crippen molar-refractivity contribution in [1.29, 1.82) is 0 Å².